The third-order valence-electron chi connectivity index (χ3n) is 3.41. The molecule has 0 fully saturated rings. The van der Waals surface area contributed by atoms with Crippen LogP contribution < -0.4 is 16.0 Å². The Morgan fingerprint density at radius 3 is 2.62 bits per heavy atom. The molecule has 0 aromatic heterocycles. The Morgan fingerprint density at radius 2 is 1.95 bits per heavy atom. The Bertz CT molecular complexity index is 671. The van der Waals surface area contributed by atoms with E-state index >= 15 is 0 Å². The fraction of sp³-hybridized carbons (Fsp3) is 0.200. The molecule has 2 rings (SSSR count). The lowest BCUT2D eigenvalue weighted by Crippen LogP contribution is -2.12. The first-order valence-corrected chi connectivity index (χ1v) is 6.46. The number of ether oxygens (including phenoxy) is 1. The number of nitrogens with zero attached hydrogens (tertiary/aromatic N) is 1. The van der Waals surface area contributed by atoms with Crippen molar-refractivity contribution in [2.45, 2.75) is 20.5 Å². The van der Waals surface area contributed by atoms with Gasteiger partial charge in [-0.2, -0.15) is 0 Å². The van der Waals surface area contributed by atoms with Crippen molar-refractivity contribution in [3.63, 3.8) is 0 Å². The normalized spacial score (nSPS) is 10.2. The first-order valence-electron chi connectivity index (χ1n) is 6.46. The summed E-state index contributed by atoms with van der Waals surface area (Å²) < 4.78 is 5.76. The topological polar surface area (TPSA) is 90.4 Å². The number of anilines is 1. The lowest BCUT2D eigenvalue weighted by Gasteiger charge is -2.13. The van der Waals surface area contributed by atoms with Gasteiger partial charge in [-0.1, -0.05) is 24.3 Å². The molecular weight excluding hydrogens is 270 g/mol. The van der Waals surface area contributed by atoms with Gasteiger partial charge in [-0.3, -0.25) is 16.0 Å². The van der Waals surface area contributed by atoms with Crippen LogP contribution in [0.5, 0.6) is 5.75 Å². The van der Waals surface area contributed by atoms with E-state index in [2.05, 4.69) is 5.43 Å². The molecule has 3 N–H and O–H groups in total. The predicted molar refractivity (Wildman–Crippen MR) is 81.2 cm³/mol. The number of nitrogen functional groups attached to an aromatic ring is 1. The van der Waals surface area contributed by atoms with Gasteiger partial charge in [0.1, 0.15) is 18.0 Å². The van der Waals surface area contributed by atoms with Crippen LogP contribution in [-0.2, 0) is 6.61 Å². The summed E-state index contributed by atoms with van der Waals surface area (Å²) >= 11 is 0. The molecule has 0 saturated carbocycles. The number of aryl methyl sites for hydroxylation is 1. The van der Waals surface area contributed by atoms with Crippen LogP contribution in [0.1, 0.15) is 16.7 Å². The minimum atomic E-state index is -0.476. The molecule has 0 radical (unpaired) electrons. The van der Waals surface area contributed by atoms with Gasteiger partial charge in [0, 0.05) is 11.6 Å². The Kier molecular flexibility index (Phi) is 4.39. The molecular formula is C15H17N3O3. The maximum Gasteiger partial charge on any atom is 0.294 e. The van der Waals surface area contributed by atoms with Crippen molar-refractivity contribution in [1.29, 1.82) is 0 Å². The summed E-state index contributed by atoms with van der Waals surface area (Å²) in [6, 6.07) is 10.5. The largest absolute Gasteiger partial charge is 0.489 e. The van der Waals surface area contributed by atoms with Crippen LogP contribution >= 0.6 is 0 Å². The molecule has 0 unspecified atom stereocenters. The number of nitrogens with two attached hydrogens (primary N) is 1. The molecule has 0 heterocycles. The number of para-hydroxylation sites is 1. The molecule has 2 aromatic rings. The van der Waals surface area contributed by atoms with E-state index in [1.807, 2.05) is 32.0 Å². The first kappa shape index (κ1) is 14.8. The summed E-state index contributed by atoms with van der Waals surface area (Å²) in [6.07, 6.45) is 0. The second kappa shape index (κ2) is 6.23. The molecule has 0 saturated heterocycles. The molecule has 0 atom stereocenters. The second-order valence-corrected chi connectivity index (χ2v) is 4.70. The lowest BCUT2D eigenvalue weighted by atomic mass is 10.1. The van der Waals surface area contributed by atoms with Crippen LogP contribution in [0.15, 0.2) is 36.4 Å². The minimum Gasteiger partial charge on any atom is -0.489 e. The molecule has 0 amide bonds. The molecule has 6 heteroatoms. The summed E-state index contributed by atoms with van der Waals surface area (Å²) in [5.41, 5.74) is 5.39. The minimum absolute atomic E-state index is 0.0698. The van der Waals surface area contributed by atoms with E-state index in [-0.39, 0.29) is 18.0 Å². The van der Waals surface area contributed by atoms with Crippen molar-refractivity contribution in [3.05, 3.63) is 63.2 Å². The van der Waals surface area contributed by atoms with Gasteiger partial charge in [0.25, 0.3) is 5.69 Å². The number of hydrogen-bond acceptors (Lipinski definition) is 5. The number of nitrogens with one attached hydrogen (secondary N) is 1. The number of rotatable bonds is 5. The molecule has 0 spiro atoms. The van der Waals surface area contributed by atoms with E-state index in [0.29, 0.717) is 5.56 Å². The number of hydrazine groups is 1. The maximum absolute atomic E-state index is 11.0. The van der Waals surface area contributed by atoms with Crippen LogP contribution in [-0.4, -0.2) is 4.92 Å². The van der Waals surface area contributed by atoms with Gasteiger partial charge in [0.15, 0.2) is 0 Å². The SMILES string of the molecule is Cc1cccc(OCc2cccc([N+](=O)[O-])c2NN)c1C. The average Bonchev–Trinajstić information content (AvgIpc) is 2.48. The summed E-state index contributed by atoms with van der Waals surface area (Å²) in [7, 11) is 0. The number of nitro groups is 1. The van der Waals surface area contributed by atoms with Gasteiger partial charge in [0.05, 0.1) is 4.92 Å². The van der Waals surface area contributed by atoms with E-state index in [1.54, 1.807) is 12.1 Å². The fourth-order valence-corrected chi connectivity index (χ4v) is 2.06. The smallest absolute Gasteiger partial charge is 0.294 e. The lowest BCUT2D eigenvalue weighted by molar-refractivity contribution is -0.384. The van der Waals surface area contributed by atoms with Gasteiger partial charge in [0.2, 0.25) is 0 Å². The molecule has 0 aliphatic carbocycles. The quantitative estimate of drug-likeness (QED) is 0.501. The van der Waals surface area contributed by atoms with Gasteiger partial charge in [-0.15, -0.1) is 0 Å². The Hall–Kier alpha value is -2.60. The highest BCUT2D eigenvalue weighted by atomic mass is 16.6. The first-order chi connectivity index (χ1) is 10.0. The molecule has 0 bridgehead atoms. The van der Waals surface area contributed by atoms with Crippen molar-refractivity contribution in [2.75, 3.05) is 5.43 Å². The van der Waals surface area contributed by atoms with Gasteiger partial charge in [-0.05, 0) is 31.0 Å². The fourth-order valence-electron chi connectivity index (χ4n) is 2.06. The van der Waals surface area contributed by atoms with Crippen molar-refractivity contribution < 1.29 is 9.66 Å². The maximum atomic E-state index is 11.0. The van der Waals surface area contributed by atoms with Gasteiger partial charge < -0.3 is 10.2 Å². The van der Waals surface area contributed by atoms with E-state index < -0.39 is 4.92 Å². The molecule has 21 heavy (non-hydrogen) atoms. The van der Waals surface area contributed by atoms with Crippen LogP contribution in [0.2, 0.25) is 0 Å². The van der Waals surface area contributed by atoms with Crippen LogP contribution in [0, 0.1) is 24.0 Å². The Balaban J connectivity index is 2.26. The molecule has 110 valence electrons. The third kappa shape index (κ3) is 3.11. The zero-order chi connectivity index (χ0) is 15.4. The standard InChI is InChI=1S/C15H17N3O3/c1-10-5-3-8-14(11(10)2)21-9-12-6-4-7-13(18(19)20)15(12)17-16/h3-8,17H,9,16H2,1-2H3. The van der Waals surface area contributed by atoms with Crippen molar-refractivity contribution >= 4 is 11.4 Å². The van der Waals surface area contributed by atoms with E-state index in [4.69, 9.17) is 10.6 Å². The third-order valence-corrected chi connectivity index (χ3v) is 3.41. The zero-order valence-electron chi connectivity index (χ0n) is 11.9. The van der Waals surface area contributed by atoms with Gasteiger partial charge >= 0.3 is 0 Å². The zero-order valence-corrected chi connectivity index (χ0v) is 11.9. The molecule has 0 aliphatic rings. The van der Waals surface area contributed by atoms with Crippen molar-refractivity contribution in [2.24, 2.45) is 5.84 Å². The van der Waals surface area contributed by atoms with Crippen LogP contribution in [0.4, 0.5) is 11.4 Å². The van der Waals surface area contributed by atoms with Gasteiger partial charge in [-0.25, -0.2) is 0 Å². The molecule has 0 aliphatic heterocycles. The highest BCUT2D eigenvalue weighted by Gasteiger charge is 2.17. The van der Waals surface area contributed by atoms with E-state index in [0.717, 1.165) is 16.9 Å². The Labute approximate surface area is 122 Å². The Morgan fingerprint density at radius 1 is 1.24 bits per heavy atom. The van der Waals surface area contributed by atoms with Crippen molar-refractivity contribution in [3.8, 4) is 5.75 Å². The number of nitro benzene ring substituents is 1. The van der Waals surface area contributed by atoms with Crippen molar-refractivity contribution in [1.82, 2.24) is 0 Å². The average molecular weight is 287 g/mol. The highest BCUT2D eigenvalue weighted by Crippen LogP contribution is 2.29. The summed E-state index contributed by atoms with van der Waals surface area (Å²) in [6.45, 7) is 4.17. The second-order valence-electron chi connectivity index (χ2n) is 4.70. The highest BCUT2D eigenvalue weighted by molar-refractivity contribution is 5.65. The molecule has 2 aromatic carbocycles. The van der Waals surface area contributed by atoms with Crippen LogP contribution in [0.25, 0.3) is 0 Å². The molecule has 6 nitrogen and oxygen atoms in total. The van der Waals surface area contributed by atoms with E-state index in [1.165, 1.54) is 6.07 Å². The van der Waals surface area contributed by atoms with E-state index in [9.17, 15) is 10.1 Å². The monoisotopic (exact) mass is 287 g/mol. The summed E-state index contributed by atoms with van der Waals surface area (Å²) in [5, 5.41) is 11.0. The van der Waals surface area contributed by atoms with Crippen LogP contribution in [0.3, 0.4) is 0 Å². The number of hydrogen-bond donors (Lipinski definition) is 2. The number of benzene rings is 2. The summed E-state index contributed by atoms with van der Waals surface area (Å²) in [4.78, 5) is 10.5. The predicted octanol–water partition coefficient (Wildman–Crippen LogP) is 3.08. The summed E-state index contributed by atoms with van der Waals surface area (Å²) in [5.74, 6) is 6.16.